The fourth-order valence-corrected chi connectivity index (χ4v) is 4.02. The molecule has 2 saturated heterocycles. The minimum Gasteiger partial charge on any atom is -0.353 e. The Morgan fingerprint density at radius 2 is 2.04 bits per heavy atom. The van der Waals surface area contributed by atoms with E-state index in [2.05, 4.69) is 20.0 Å². The molecule has 5 heterocycles. The van der Waals surface area contributed by atoms with Crippen LogP contribution in [0.4, 0.5) is 14.6 Å². The average molecular weight is 384 g/mol. The summed E-state index contributed by atoms with van der Waals surface area (Å²) in [5.41, 5.74) is 1.66. The van der Waals surface area contributed by atoms with Crippen molar-refractivity contribution in [2.75, 3.05) is 24.5 Å². The molecule has 2 fully saturated rings. The van der Waals surface area contributed by atoms with Crippen LogP contribution in [0, 0.1) is 0 Å². The second kappa shape index (κ2) is 6.50. The van der Waals surface area contributed by atoms with Crippen molar-refractivity contribution in [3.05, 3.63) is 42.4 Å². The van der Waals surface area contributed by atoms with E-state index >= 15 is 0 Å². The molecule has 0 aliphatic carbocycles. The molecule has 0 bridgehead atoms. The first-order valence-corrected chi connectivity index (χ1v) is 9.24. The highest BCUT2D eigenvalue weighted by Gasteiger charge is 2.35. The van der Waals surface area contributed by atoms with E-state index in [9.17, 15) is 13.6 Å². The zero-order valence-corrected chi connectivity index (χ0v) is 15.0. The number of carbonyl (C=O) groups excluding carboxylic acids is 1. The van der Waals surface area contributed by atoms with Crippen molar-refractivity contribution >= 4 is 17.4 Å². The molecule has 0 spiro atoms. The van der Waals surface area contributed by atoms with Gasteiger partial charge in [-0.2, -0.15) is 5.10 Å². The summed E-state index contributed by atoms with van der Waals surface area (Å²) in [6.07, 6.45) is 2.18. The molecule has 0 saturated carbocycles. The van der Waals surface area contributed by atoms with Crippen LogP contribution in [-0.4, -0.2) is 56.1 Å². The first kappa shape index (κ1) is 17.0. The number of aromatic nitrogens is 4. The zero-order valence-electron chi connectivity index (χ0n) is 15.0. The minimum absolute atomic E-state index is 0.234. The van der Waals surface area contributed by atoms with E-state index in [0.29, 0.717) is 24.3 Å². The lowest BCUT2D eigenvalue weighted by atomic mass is 10.1. The van der Waals surface area contributed by atoms with Crippen LogP contribution in [0.1, 0.15) is 25.0 Å². The summed E-state index contributed by atoms with van der Waals surface area (Å²) in [5.74, 6) is 1.04. The highest BCUT2D eigenvalue weighted by Crippen LogP contribution is 2.28. The van der Waals surface area contributed by atoms with Gasteiger partial charge in [-0.1, -0.05) is 0 Å². The van der Waals surface area contributed by atoms with Gasteiger partial charge in [0.1, 0.15) is 11.5 Å². The van der Waals surface area contributed by atoms with E-state index in [1.54, 1.807) is 12.4 Å². The molecular formula is C19H18F2N6O. The van der Waals surface area contributed by atoms with Gasteiger partial charge >= 0.3 is 0 Å². The highest BCUT2D eigenvalue weighted by atomic mass is 19.3. The van der Waals surface area contributed by atoms with E-state index < -0.39 is 6.43 Å². The summed E-state index contributed by atoms with van der Waals surface area (Å²) >= 11 is 0. The van der Waals surface area contributed by atoms with Crippen LogP contribution in [0.3, 0.4) is 0 Å². The normalized spacial score (nSPS) is 19.7. The molecule has 2 aliphatic rings. The standard InChI is InChI=1S/C19H18F2N6O/c20-19(21)14-2-3-16-23-10-15(27(16)24-14)12-5-6-22-17(9-12)25-7-8-26-13(11-25)1-4-18(26)28/h2-3,5-6,9-10,13,19H,1,4,7-8,11H2. The number of piperazine rings is 1. The molecule has 7 nitrogen and oxygen atoms in total. The molecule has 0 N–H and O–H groups in total. The van der Waals surface area contributed by atoms with Crippen LogP contribution in [-0.2, 0) is 4.79 Å². The fourth-order valence-electron chi connectivity index (χ4n) is 4.02. The Kier molecular flexibility index (Phi) is 3.96. The molecule has 0 radical (unpaired) electrons. The van der Waals surface area contributed by atoms with E-state index in [1.807, 2.05) is 17.0 Å². The molecule has 1 unspecified atom stereocenters. The lowest BCUT2D eigenvalue weighted by molar-refractivity contribution is -0.129. The number of anilines is 1. The molecule has 144 valence electrons. The zero-order chi connectivity index (χ0) is 19.3. The minimum atomic E-state index is -2.64. The molecule has 3 aromatic rings. The van der Waals surface area contributed by atoms with Crippen LogP contribution in [0.2, 0.25) is 0 Å². The third-order valence-electron chi connectivity index (χ3n) is 5.47. The lowest BCUT2D eigenvalue weighted by Gasteiger charge is -2.38. The number of fused-ring (bicyclic) bond motifs is 2. The van der Waals surface area contributed by atoms with Gasteiger partial charge < -0.3 is 9.80 Å². The number of amides is 1. The number of halogens is 2. The maximum Gasteiger partial charge on any atom is 0.282 e. The Balaban J connectivity index is 1.47. The Hall–Kier alpha value is -3.10. The molecule has 2 aliphatic heterocycles. The van der Waals surface area contributed by atoms with E-state index in [0.717, 1.165) is 30.9 Å². The average Bonchev–Trinajstić information content (AvgIpc) is 3.31. The first-order valence-electron chi connectivity index (χ1n) is 9.24. The van der Waals surface area contributed by atoms with Crippen molar-refractivity contribution in [2.45, 2.75) is 25.3 Å². The maximum absolute atomic E-state index is 13.0. The molecule has 28 heavy (non-hydrogen) atoms. The van der Waals surface area contributed by atoms with Gasteiger partial charge in [-0.05, 0) is 30.7 Å². The SMILES string of the molecule is O=C1CCC2CN(c3cc(-c4cnc5ccc(C(F)F)nn45)ccn3)CCN12. The van der Waals surface area contributed by atoms with Gasteiger partial charge in [-0.25, -0.2) is 23.3 Å². The first-order chi connectivity index (χ1) is 13.6. The molecule has 1 amide bonds. The summed E-state index contributed by atoms with van der Waals surface area (Å²) in [7, 11) is 0. The van der Waals surface area contributed by atoms with Gasteiger partial charge in [-0.3, -0.25) is 4.79 Å². The second-order valence-electron chi connectivity index (χ2n) is 7.10. The largest absolute Gasteiger partial charge is 0.353 e. The predicted molar refractivity (Wildman–Crippen MR) is 98.1 cm³/mol. The lowest BCUT2D eigenvalue weighted by Crippen LogP contribution is -2.51. The second-order valence-corrected chi connectivity index (χ2v) is 7.10. The number of carbonyl (C=O) groups is 1. The quantitative estimate of drug-likeness (QED) is 0.694. The van der Waals surface area contributed by atoms with Gasteiger partial charge in [0.05, 0.1) is 11.9 Å². The number of hydrogen-bond acceptors (Lipinski definition) is 5. The Morgan fingerprint density at radius 3 is 2.89 bits per heavy atom. The molecule has 0 aromatic carbocycles. The number of rotatable bonds is 3. The Bertz CT molecular complexity index is 1050. The molecule has 5 rings (SSSR count). The van der Waals surface area contributed by atoms with Gasteiger partial charge in [0.15, 0.2) is 5.65 Å². The van der Waals surface area contributed by atoms with Crippen molar-refractivity contribution < 1.29 is 13.6 Å². The number of alkyl halides is 2. The van der Waals surface area contributed by atoms with Gasteiger partial charge in [0, 0.05) is 43.9 Å². The van der Waals surface area contributed by atoms with E-state index in [4.69, 9.17) is 0 Å². The van der Waals surface area contributed by atoms with E-state index in [1.165, 1.54) is 16.6 Å². The van der Waals surface area contributed by atoms with Crippen LogP contribution >= 0.6 is 0 Å². The number of nitrogens with zero attached hydrogens (tertiary/aromatic N) is 6. The van der Waals surface area contributed by atoms with Gasteiger partial charge in [0.25, 0.3) is 6.43 Å². The van der Waals surface area contributed by atoms with Crippen molar-refractivity contribution in [2.24, 2.45) is 0 Å². The Morgan fingerprint density at radius 1 is 1.14 bits per heavy atom. The van der Waals surface area contributed by atoms with Crippen LogP contribution < -0.4 is 4.90 Å². The van der Waals surface area contributed by atoms with Crippen LogP contribution in [0.25, 0.3) is 16.9 Å². The van der Waals surface area contributed by atoms with Crippen LogP contribution in [0.5, 0.6) is 0 Å². The summed E-state index contributed by atoms with van der Waals surface area (Å²) in [4.78, 5) is 24.8. The number of hydrogen-bond donors (Lipinski definition) is 0. The third-order valence-corrected chi connectivity index (χ3v) is 5.47. The van der Waals surface area contributed by atoms with Crippen LogP contribution in [0.15, 0.2) is 36.7 Å². The summed E-state index contributed by atoms with van der Waals surface area (Å²) < 4.78 is 27.5. The maximum atomic E-state index is 13.0. The summed E-state index contributed by atoms with van der Waals surface area (Å²) in [6.45, 7) is 2.17. The molecule has 9 heteroatoms. The van der Waals surface area contributed by atoms with Crippen molar-refractivity contribution in [1.29, 1.82) is 0 Å². The molecule has 3 aromatic heterocycles. The number of pyridine rings is 1. The number of imidazole rings is 1. The highest BCUT2D eigenvalue weighted by molar-refractivity contribution is 5.79. The molecular weight excluding hydrogens is 366 g/mol. The van der Waals surface area contributed by atoms with Crippen molar-refractivity contribution in [3.63, 3.8) is 0 Å². The summed E-state index contributed by atoms with van der Waals surface area (Å²) in [6, 6.07) is 6.80. The Labute approximate surface area is 159 Å². The molecule has 1 atom stereocenters. The van der Waals surface area contributed by atoms with Crippen molar-refractivity contribution in [3.8, 4) is 11.3 Å². The van der Waals surface area contributed by atoms with Crippen molar-refractivity contribution in [1.82, 2.24) is 24.5 Å². The topological polar surface area (TPSA) is 66.6 Å². The van der Waals surface area contributed by atoms with E-state index in [-0.39, 0.29) is 17.6 Å². The monoisotopic (exact) mass is 384 g/mol. The third kappa shape index (κ3) is 2.78. The smallest absolute Gasteiger partial charge is 0.282 e. The van der Waals surface area contributed by atoms with Gasteiger partial charge in [0.2, 0.25) is 5.91 Å². The summed E-state index contributed by atoms with van der Waals surface area (Å²) in [5, 5.41) is 4.03. The fraction of sp³-hybridized carbons (Fsp3) is 0.368. The predicted octanol–water partition coefficient (Wildman–Crippen LogP) is 2.54. The van der Waals surface area contributed by atoms with Gasteiger partial charge in [-0.15, -0.1) is 0 Å².